The fraction of sp³-hybridized carbons (Fsp3) is 0.357. The quantitative estimate of drug-likeness (QED) is 0.676. The summed E-state index contributed by atoms with van der Waals surface area (Å²) in [6.45, 7) is 1.87. The van der Waals surface area contributed by atoms with Crippen molar-refractivity contribution >= 4 is 22.6 Å². The molecule has 0 aliphatic rings. The van der Waals surface area contributed by atoms with E-state index in [2.05, 4.69) is 0 Å². The molecule has 0 aliphatic heterocycles. The molecule has 0 amide bonds. The van der Waals surface area contributed by atoms with Crippen LogP contribution in [0.4, 0.5) is 0 Å². The predicted molar refractivity (Wildman–Crippen MR) is 76.0 cm³/mol. The van der Waals surface area contributed by atoms with Gasteiger partial charge in [-0.15, -0.1) is 11.6 Å². The summed E-state index contributed by atoms with van der Waals surface area (Å²) in [4.78, 5) is 11.4. The van der Waals surface area contributed by atoms with Crippen LogP contribution in [0, 0.1) is 6.92 Å². The fourth-order valence-corrected chi connectivity index (χ4v) is 1.92. The number of ether oxygens (including phenoxy) is 2. The minimum Gasteiger partial charge on any atom is -0.493 e. The topological polar surface area (TPSA) is 68.9 Å². The minimum absolute atomic E-state index is 0.0567. The normalized spacial score (nSPS) is 12.4. The number of halogens is 1. The van der Waals surface area contributed by atoms with Crippen LogP contribution in [0.2, 0.25) is 0 Å². The average molecular weight is 299 g/mol. The van der Waals surface area contributed by atoms with Crippen molar-refractivity contribution in [3.05, 3.63) is 34.2 Å². The van der Waals surface area contributed by atoms with Crippen LogP contribution in [0.3, 0.4) is 0 Å². The lowest BCUT2D eigenvalue weighted by Crippen LogP contribution is -2.19. The Labute approximate surface area is 120 Å². The standard InChI is InChI=1S/C14H15ClO5/c1-8-3-14(17)20-11-5-12(18-2)13(4-10(8)11)19-7-9(16)6-15/h3-5,9,16H,6-7H2,1-2H3/t9-/m1/s1. The summed E-state index contributed by atoms with van der Waals surface area (Å²) in [5.41, 5.74) is 0.794. The highest BCUT2D eigenvalue weighted by molar-refractivity contribution is 6.18. The zero-order valence-corrected chi connectivity index (χ0v) is 11.9. The maximum atomic E-state index is 11.4. The molecule has 0 saturated heterocycles. The second-order valence-corrected chi connectivity index (χ2v) is 4.68. The molecular formula is C14H15ClO5. The lowest BCUT2D eigenvalue weighted by Gasteiger charge is -2.14. The van der Waals surface area contributed by atoms with E-state index in [1.807, 2.05) is 6.92 Å². The van der Waals surface area contributed by atoms with Gasteiger partial charge in [0.15, 0.2) is 11.5 Å². The molecule has 1 N–H and O–H groups in total. The molecule has 1 heterocycles. The SMILES string of the molecule is COc1cc2oc(=O)cc(C)c2cc1OC[C@H](O)CCl. The molecule has 0 spiro atoms. The first-order chi connectivity index (χ1) is 9.55. The molecule has 0 radical (unpaired) electrons. The van der Waals surface area contributed by atoms with E-state index in [1.54, 1.807) is 12.1 Å². The summed E-state index contributed by atoms with van der Waals surface area (Å²) in [7, 11) is 1.49. The summed E-state index contributed by atoms with van der Waals surface area (Å²) in [6.07, 6.45) is -0.758. The van der Waals surface area contributed by atoms with Crippen molar-refractivity contribution < 1.29 is 19.0 Å². The number of fused-ring (bicyclic) bond motifs is 1. The highest BCUT2D eigenvalue weighted by atomic mass is 35.5. The Balaban J connectivity index is 2.45. The van der Waals surface area contributed by atoms with Crippen molar-refractivity contribution in [2.75, 3.05) is 19.6 Å². The van der Waals surface area contributed by atoms with Crippen molar-refractivity contribution in [2.24, 2.45) is 0 Å². The van der Waals surface area contributed by atoms with E-state index in [0.29, 0.717) is 17.1 Å². The van der Waals surface area contributed by atoms with E-state index in [-0.39, 0.29) is 12.5 Å². The third kappa shape index (κ3) is 3.05. The molecular weight excluding hydrogens is 284 g/mol. The highest BCUT2D eigenvalue weighted by Gasteiger charge is 2.12. The first-order valence-electron chi connectivity index (χ1n) is 6.04. The van der Waals surface area contributed by atoms with Gasteiger partial charge >= 0.3 is 5.63 Å². The van der Waals surface area contributed by atoms with Gasteiger partial charge in [-0.05, 0) is 18.6 Å². The molecule has 0 unspecified atom stereocenters. The number of alkyl halides is 1. The summed E-state index contributed by atoms with van der Waals surface area (Å²) >= 11 is 5.52. The van der Waals surface area contributed by atoms with E-state index in [1.165, 1.54) is 13.2 Å². The van der Waals surface area contributed by atoms with Crippen LogP contribution in [0.1, 0.15) is 5.56 Å². The van der Waals surface area contributed by atoms with Crippen LogP contribution in [-0.2, 0) is 0 Å². The number of rotatable bonds is 5. The molecule has 1 atom stereocenters. The maximum Gasteiger partial charge on any atom is 0.336 e. The summed E-state index contributed by atoms with van der Waals surface area (Å²) in [6, 6.07) is 4.71. The predicted octanol–water partition coefficient (Wildman–Crippen LogP) is 2.09. The molecule has 6 heteroatoms. The van der Waals surface area contributed by atoms with Crippen molar-refractivity contribution in [3.8, 4) is 11.5 Å². The second-order valence-electron chi connectivity index (χ2n) is 4.37. The Bertz CT molecular complexity index is 664. The molecule has 0 aliphatic carbocycles. The van der Waals surface area contributed by atoms with E-state index in [4.69, 9.17) is 25.5 Å². The average Bonchev–Trinajstić information content (AvgIpc) is 2.43. The molecule has 2 rings (SSSR count). The van der Waals surface area contributed by atoms with Crippen molar-refractivity contribution in [3.63, 3.8) is 0 Å². The van der Waals surface area contributed by atoms with Gasteiger partial charge in [-0.1, -0.05) is 0 Å². The van der Waals surface area contributed by atoms with Crippen LogP contribution in [0.25, 0.3) is 11.0 Å². The van der Waals surface area contributed by atoms with Gasteiger partial charge in [0.1, 0.15) is 18.3 Å². The zero-order valence-electron chi connectivity index (χ0n) is 11.2. The Kier molecular flexibility index (Phi) is 4.52. The van der Waals surface area contributed by atoms with Gasteiger partial charge in [0, 0.05) is 17.5 Å². The summed E-state index contributed by atoms with van der Waals surface area (Å²) in [5, 5.41) is 10.2. The highest BCUT2D eigenvalue weighted by Crippen LogP contribution is 2.33. The van der Waals surface area contributed by atoms with Gasteiger partial charge in [-0.3, -0.25) is 0 Å². The molecule has 1 aromatic heterocycles. The van der Waals surface area contributed by atoms with Crippen LogP contribution in [0.15, 0.2) is 27.4 Å². The molecule has 2 aromatic rings. The Morgan fingerprint density at radius 3 is 2.75 bits per heavy atom. The first kappa shape index (κ1) is 14.7. The van der Waals surface area contributed by atoms with Crippen molar-refractivity contribution in [2.45, 2.75) is 13.0 Å². The smallest absolute Gasteiger partial charge is 0.336 e. The largest absolute Gasteiger partial charge is 0.493 e. The van der Waals surface area contributed by atoms with Gasteiger partial charge < -0.3 is 19.0 Å². The Morgan fingerprint density at radius 1 is 1.35 bits per heavy atom. The molecule has 0 fully saturated rings. The molecule has 0 bridgehead atoms. The van der Waals surface area contributed by atoms with Crippen LogP contribution < -0.4 is 15.1 Å². The molecule has 20 heavy (non-hydrogen) atoms. The third-order valence-corrected chi connectivity index (χ3v) is 3.20. The number of benzene rings is 1. The van der Waals surface area contributed by atoms with Crippen LogP contribution in [0.5, 0.6) is 11.5 Å². The number of aryl methyl sites for hydroxylation is 1. The summed E-state index contributed by atoms with van der Waals surface area (Å²) < 4.78 is 15.8. The van der Waals surface area contributed by atoms with Gasteiger partial charge in [0.05, 0.1) is 13.0 Å². The maximum absolute atomic E-state index is 11.4. The summed E-state index contributed by atoms with van der Waals surface area (Å²) in [5.74, 6) is 0.971. The van der Waals surface area contributed by atoms with E-state index in [9.17, 15) is 9.90 Å². The van der Waals surface area contributed by atoms with E-state index >= 15 is 0 Å². The lowest BCUT2D eigenvalue weighted by atomic mass is 10.1. The number of methoxy groups -OCH3 is 1. The molecule has 0 saturated carbocycles. The Morgan fingerprint density at radius 2 is 2.10 bits per heavy atom. The first-order valence-corrected chi connectivity index (χ1v) is 6.58. The molecule has 1 aromatic carbocycles. The monoisotopic (exact) mass is 298 g/mol. The number of aliphatic hydroxyl groups is 1. The van der Waals surface area contributed by atoms with E-state index < -0.39 is 11.7 Å². The van der Waals surface area contributed by atoms with Crippen LogP contribution >= 0.6 is 11.6 Å². The van der Waals surface area contributed by atoms with Gasteiger partial charge in [0.25, 0.3) is 0 Å². The second kappa shape index (κ2) is 6.15. The van der Waals surface area contributed by atoms with Crippen molar-refractivity contribution in [1.29, 1.82) is 0 Å². The number of hydrogen-bond acceptors (Lipinski definition) is 5. The third-order valence-electron chi connectivity index (χ3n) is 2.84. The van der Waals surface area contributed by atoms with Crippen LogP contribution in [-0.4, -0.2) is 30.8 Å². The number of hydrogen-bond donors (Lipinski definition) is 1. The van der Waals surface area contributed by atoms with Gasteiger partial charge in [0.2, 0.25) is 0 Å². The number of aliphatic hydroxyl groups excluding tert-OH is 1. The lowest BCUT2D eigenvalue weighted by molar-refractivity contribution is 0.123. The van der Waals surface area contributed by atoms with Crippen molar-refractivity contribution in [1.82, 2.24) is 0 Å². The Hall–Kier alpha value is -1.72. The van der Waals surface area contributed by atoms with E-state index in [0.717, 1.165) is 10.9 Å². The molecule has 108 valence electrons. The minimum atomic E-state index is -0.758. The molecule has 5 nitrogen and oxygen atoms in total. The zero-order chi connectivity index (χ0) is 14.7. The fourth-order valence-electron chi connectivity index (χ4n) is 1.83. The van der Waals surface area contributed by atoms with Gasteiger partial charge in [-0.25, -0.2) is 4.79 Å². The van der Waals surface area contributed by atoms with Gasteiger partial charge in [-0.2, -0.15) is 0 Å².